The number of nitrogens with zero attached hydrogens (tertiary/aromatic N) is 1. The zero-order valence-electron chi connectivity index (χ0n) is 16.0. The first kappa shape index (κ1) is 21.0. The predicted octanol–water partition coefficient (Wildman–Crippen LogP) is 5.19. The van der Waals surface area contributed by atoms with Gasteiger partial charge < -0.3 is 19.5 Å². The number of aromatic nitrogens is 1. The van der Waals surface area contributed by atoms with Gasteiger partial charge in [-0.25, -0.2) is 4.79 Å². The fourth-order valence-electron chi connectivity index (χ4n) is 2.74. The second-order valence-corrected chi connectivity index (χ2v) is 6.03. The molecule has 0 amide bonds. The number of nitrogens with one attached hydrogen (secondary N) is 1. The molecule has 0 fully saturated rings. The highest BCUT2D eigenvalue weighted by atomic mass is 19.4. The van der Waals surface area contributed by atoms with Crippen molar-refractivity contribution in [3.8, 4) is 22.6 Å². The third-order valence-electron chi connectivity index (χ3n) is 4.11. The molecule has 156 valence electrons. The lowest BCUT2D eigenvalue weighted by Crippen LogP contribution is -2.18. The van der Waals surface area contributed by atoms with Crippen LogP contribution in [0.25, 0.3) is 11.1 Å². The molecule has 0 bridgehead atoms. The number of hydrogen-bond donors (Lipinski definition) is 1. The molecule has 0 aliphatic rings. The number of pyridine rings is 1. The molecule has 0 spiro atoms. The number of rotatable bonds is 6. The number of anilines is 2. The van der Waals surface area contributed by atoms with Crippen molar-refractivity contribution in [1.82, 2.24) is 4.98 Å². The normalized spacial score (nSPS) is 11.0. The van der Waals surface area contributed by atoms with E-state index in [2.05, 4.69) is 15.0 Å². The van der Waals surface area contributed by atoms with Crippen molar-refractivity contribution in [2.45, 2.75) is 6.36 Å². The maximum Gasteiger partial charge on any atom is 0.573 e. The summed E-state index contributed by atoms with van der Waals surface area (Å²) < 4.78 is 53.1. The molecule has 2 aromatic carbocycles. The van der Waals surface area contributed by atoms with Gasteiger partial charge in [0, 0.05) is 6.20 Å². The number of benzene rings is 2. The van der Waals surface area contributed by atoms with Crippen LogP contribution in [-0.4, -0.2) is 31.5 Å². The van der Waals surface area contributed by atoms with E-state index in [0.29, 0.717) is 16.9 Å². The minimum Gasteiger partial charge on any atom is -0.497 e. The molecule has 9 heteroatoms. The Morgan fingerprint density at radius 2 is 1.77 bits per heavy atom. The molecular formula is C21H17F3N2O4. The molecule has 3 rings (SSSR count). The Bertz CT molecular complexity index is 1050. The van der Waals surface area contributed by atoms with Gasteiger partial charge >= 0.3 is 12.3 Å². The van der Waals surface area contributed by atoms with Gasteiger partial charge in [0.25, 0.3) is 0 Å². The lowest BCUT2D eigenvalue weighted by Gasteiger charge is -2.17. The highest BCUT2D eigenvalue weighted by molar-refractivity contribution is 5.96. The first-order valence-corrected chi connectivity index (χ1v) is 8.64. The maximum absolute atomic E-state index is 13.0. The summed E-state index contributed by atoms with van der Waals surface area (Å²) in [6, 6.07) is 12.6. The van der Waals surface area contributed by atoms with Gasteiger partial charge in [-0.2, -0.15) is 0 Å². The highest BCUT2D eigenvalue weighted by Gasteiger charge is 2.32. The zero-order valence-corrected chi connectivity index (χ0v) is 16.0. The van der Waals surface area contributed by atoms with Crippen LogP contribution < -0.4 is 14.8 Å². The molecule has 1 N–H and O–H groups in total. The van der Waals surface area contributed by atoms with Crippen LogP contribution in [0.15, 0.2) is 60.9 Å². The molecule has 0 aliphatic heterocycles. The monoisotopic (exact) mass is 418 g/mol. The van der Waals surface area contributed by atoms with E-state index in [0.717, 1.165) is 0 Å². The Balaban J connectivity index is 2.03. The van der Waals surface area contributed by atoms with E-state index >= 15 is 0 Å². The number of methoxy groups -OCH3 is 2. The van der Waals surface area contributed by atoms with Crippen molar-refractivity contribution in [1.29, 1.82) is 0 Å². The number of alkyl halides is 3. The van der Waals surface area contributed by atoms with Crippen molar-refractivity contribution in [3.05, 3.63) is 66.5 Å². The maximum atomic E-state index is 13.0. The number of halogens is 3. The number of hydrogen-bond acceptors (Lipinski definition) is 6. The molecule has 1 heterocycles. The average Bonchev–Trinajstić information content (AvgIpc) is 2.73. The molecule has 0 unspecified atom stereocenters. The molecule has 0 saturated carbocycles. The van der Waals surface area contributed by atoms with Gasteiger partial charge in [0.2, 0.25) is 0 Å². The SMILES string of the molecule is COC(=O)c1ccncc1Nc1ccc(-c2cccc(OC)c2)cc1OC(F)(F)F. The van der Waals surface area contributed by atoms with Crippen molar-refractivity contribution >= 4 is 17.3 Å². The van der Waals surface area contributed by atoms with E-state index in [-0.39, 0.29) is 16.9 Å². The summed E-state index contributed by atoms with van der Waals surface area (Å²) in [7, 11) is 2.70. The largest absolute Gasteiger partial charge is 0.573 e. The van der Waals surface area contributed by atoms with E-state index in [1.54, 1.807) is 30.3 Å². The zero-order chi connectivity index (χ0) is 21.7. The van der Waals surface area contributed by atoms with Crippen molar-refractivity contribution < 1.29 is 32.2 Å². The first-order chi connectivity index (χ1) is 14.3. The van der Waals surface area contributed by atoms with Gasteiger partial charge in [-0.1, -0.05) is 18.2 Å². The van der Waals surface area contributed by atoms with Crippen LogP contribution in [0.2, 0.25) is 0 Å². The fourth-order valence-corrected chi connectivity index (χ4v) is 2.74. The standard InChI is InChI=1S/C21H17F3N2O4/c1-28-15-5-3-4-13(10-15)14-6-7-17(19(11-14)30-21(22,23)24)26-18-12-25-9-8-16(18)20(27)29-2/h3-12,26H,1-2H3. The number of esters is 1. The highest BCUT2D eigenvalue weighted by Crippen LogP contribution is 2.37. The van der Waals surface area contributed by atoms with Crippen LogP contribution in [0.5, 0.6) is 11.5 Å². The van der Waals surface area contributed by atoms with Crippen LogP contribution in [0, 0.1) is 0 Å². The molecule has 0 radical (unpaired) electrons. The molecule has 6 nitrogen and oxygen atoms in total. The molecule has 0 aliphatic carbocycles. The summed E-state index contributed by atoms with van der Waals surface area (Å²) in [5.41, 5.74) is 1.41. The van der Waals surface area contributed by atoms with Crippen LogP contribution in [0.1, 0.15) is 10.4 Å². The molecule has 0 saturated heterocycles. The minimum atomic E-state index is -4.91. The van der Waals surface area contributed by atoms with Crippen molar-refractivity contribution in [3.63, 3.8) is 0 Å². The van der Waals surface area contributed by atoms with Gasteiger partial charge in [0.15, 0.2) is 5.75 Å². The van der Waals surface area contributed by atoms with Gasteiger partial charge in [-0.3, -0.25) is 4.98 Å². The number of carbonyl (C=O) groups is 1. The Morgan fingerprint density at radius 1 is 1.00 bits per heavy atom. The first-order valence-electron chi connectivity index (χ1n) is 8.64. The van der Waals surface area contributed by atoms with E-state index < -0.39 is 18.1 Å². The van der Waals surface area contributed by atoms with Crippen LogP contribution in [0.4, 0.5) is 24.5 Å². The molecular weight excluding hydrogens is 401 g/mol. The summed E-state index contributed by atoms with van der Waals surface area (Å²) in [5, 5.41) is 2.77. The summed E-state index contributed by atoms with van der Waals surface area (Å²) in [6.07, 6.45) is -2.24. The fraction of sp³-hybridized carbons (Fsp3) is 0.143. The van der Waals surface area contributed by atoms with Crippen LogP contribution in [-0.2, 0) is 4.74 Å². The summed E-state index contributed by atoms with van der Waals surface area (Å²) in [5.74, 6) is -0.570. The van der Waals surface area contributed by atoms with Crippen LogP contribution in [0.3, 0.4) is 0 Å². The van der Waals surface area contributed by atoms with Crippen LogP contribution >= 0.6 is 0 Å². The predicted molar refractivity (Wildman–Crippen MR) is 104 cm³/mol. The lowest BCUT2D eigenvalue weighted by atomic mass is 10.0. The van der Waals surface area contributed by atoms with E-state index in [9.17, 15) is 18.0 Å². The molecule has 1 aromatic heterocycles. The smallest absolute Gasteiger partial charge is 0.497 e. The van der Waals surface area contributed by atoms with Crippen molar-refractivity contribution in [2.75, 3.05) is 19.5 Å². The Kier molecular flexibility index (Phi) is 6.10. The Labute approximate surface area is 170 Å². The van der Waals surface area contributed by atoms with Crippen molar-refractivity contribution in [2.24, 2.45) is 0 Å². The second-order valence-electron chi connectivity index (χ2n) is 6.03. The second kappa shape index (κ2) is 8.73. The van der Waals surface area contributed by atoms with E-state index in [1.165, 1.54) is 44.8 Å². The summed E-state index contributed by atoms with van der Waals surface area (Å²) in [6.45, 7) is 0. The Morgan fingerprint density at radius 3 is 2.47 bits per heavy atom. The minimum absolute atomic E-state index is 0.00266. The summed E-state index contributed by atoms with van der Waals surface area (Å²) in [4.78, 5) is 15.8. The van der Waals surface area contributed by atoms with E-state index in [1.807, 2.05) is 0 Å². The van der Waals surface area contributed by atoms with Gasteiger partial charge in [0.1, 0.15) is 5.75 Å². The topological polar surface area (TPSA) is 69.7 Å². The third-order valence-corrected chi connectivity index (χ3v) is 4.11. The Hall–Kier alpha value is -3.75. The molecule has 30 heavy (non-hydrogen) atoms. The number of ether oxygens (including phenoxy) is 3. The number of carbonyl (C=O) groups excluding carboxylic acids is 1. The summed E-state index contributed by atoms with van der Waals surface area (Å²) >= 11 is 0. The third kappa shape index (κ3) is 4.99. The lowest BCUT2D eigenvalue weighted by molar-refractivity contribution is -0.274. The van der Waals surface area contributed by atoms with Gasteiger partial charge in [0.05, 0.1) is 37.4 Å². The molecule has 3 aromatic rings. The average molecular weight is 418 g/mol. The molecule has 0 atom stereocenters. The van der Waals surface area contributed by atoms with Gasteiger partial charge in [-0.15, -0.1) is 13.2 Å². The van der Waals surface area contributed by atoms with E-state index in [4.69, 9.17) is 9.47 Å². The quantitative estimate of drug-likeness (QED) is 0.556. The van der Waals surface area contributed by atoms with Gasteiger partial charge in [-0.05, 0) is 41.5 Å².